The summed E-state index contributed by atoms with van der Waals surface area (Å²) in [5, 5.41) is 13.2. The van der Waals surface area contributed by atoms with Gasteiger partial charge in [0.2, 0.25) is 0 Å². The quantitative estimate of drug-likeness (QED) is 0.873. The van der Waals surface area contributed by atoms with E-state index in [1.54, 1.807) is 24.3 Å². The van der Waals surface area contributed by atoms with Gasteiger partial charge in [0.05, 0.1) is 10.7 Å². The summed E-state index contributed by atoms with van der Waals surface area (Å²) >= 11 is 11.8. The van der Waals surface area contributed by atoms with Crippen LogP contribution >= 0.6 is 23.2 Å². The van der Waals surface area contributed by atoms with Gasteiger partial charge in [0.15, 0.2) is 11.6 Å². The Kier molecular flexibility index (Phi) is 3.94. The van der Waals surface area contributed by atoms with Crippen LogP contribution in [0.4, 0.5) is 10.1 Å². The van der Waals surface area contributed by atoms with Gasteiger partial charge in [0, 0.05) is 11.6 Å². The molecule has 94 valence electrons. The van der Waals surface area contributed by atoms with Crippen molar-refractivity contribution in [1.82, 2.24) is 0 Å². The molecule has 0 atom stereocenters. The highest BCUT2D eigenvalue weighted by Gasteiger charge is 2.04. The molecule has 0 aliphatic rings. The van der Waals surface area contributed by atoms with E-state index in [2.05, 4.69) is 5.32 Å². The van der Waals surface area contributed by atoms with Gasteiger partial charge in [-0.05, 0) is 35.9 Å². The van der Waals surface area contributed by atoms with E-state index in [1.165, 1.54) is 12.1 Å². The number of aromatic hydroxyl groups is 1. The number of anilines is 1. The van der Waals surface area contributed by atoms with Crippen molar-refractivity contribution in [3.05, 3.63) is 57.8 Å². The summed E-state index contributed by atoms with van der Waals surface area (Å²) in [6.07, 6.45) is 0. The summed E-state index contributed by atoms with van der Waals surface area (Å²) < 4.78 is 13.1. The normalized spacial score (nSPS) is 10.4. The van der Waals surface area contributed by atoms with Crippen molar-refractivity contribution < 1.29 is 9.50 Å². The minimum atomic E-state index is -0.647. The lowest BCUT2D eigenvalue weighted by Crippen LogP contribution is -2.00. The van der Waals surface area contributed by atoms with E-state index in [-0.39, 0.29) is 5.75 Å². The Bertz CT molecular complexity index is 575. The molecule has 2 rings (SSSR count). The van der Waals surface area contributed by atoms with E-state index in [4.69, 9.17) is 28.3 Å². The van der Waals surface area contributed by atoms with Crippen LogP contribution in [0.5, 0.6) is 5.75 Å². The van der Waals surface area contributed by atoms with Crippen LogP contribution in [0, 0.1) is 5.82 Å². The van der Waals surface area contributed by atoms with Crippen LogP contribution in [0.2, 0.25) is 10.0 Å². The Morgan fingerprint density at radius 2 is 1.89 bits per heavy atom. The van der Waals surface area contributed by atoms with Crippen LogP contribution < -0.4 is 5.32 Å². The second-order valence-corrected chi connectivity index (χ2v) is 4.61. The topological polar surface area (TPSA) is 32.3 Å². The molecule has 0 unspecified atom stereocenters. The maximum absolute atomic E-state index is 13.1. The van der Waals surface area contributed by atoms with Crippen molar-refractivity contribution in [3.63, 3.8) is 0 Å². The van der Waals surface area contributed by atoms with Gasteiger partial charge in [0.25, 0.3) is 0 Å². The molecule has 0 heterocycles. The molecule has 2 nitrogen and oxygen atoms in total. The largest absolute Gasteiger partial charge is 0.505 e. The molecule has 0 aromatic heterocycles. The molecule has 0 spiro atoms. The SMILES string of the molecule is Oc1ccc(CNc2cc(Cl)ccc2Cl)cc1F. The fourth-order valence-electron chi connectivity index (χ4n) is 1.49. The number of rotatable bonds is 3. The first-order valence-corrected chi connectivity index (χ1v) is 5.98. The summed E-state index contributed by atoms with van der Waals surface area (Å²) in [5.74, 6) is -1.01. The molecule has 5 heteroatoms. The molecular formula is C13H10Cl2FNO. The summed E-state index contributed by atoms with van der Waals surface area (Å²) in [5.41, 5.74) is 1.37. The van der Waals surface area contributed by atoms with E-state index < -0.39 is 5.82 Å². The molecule has 0 saturated heterocycles. The predicted molar refractivity (Wildman–Crippen MR) is 71.9 cm³/mol. The smallest absolute Gasteiger partial charge is 0.165 e. The number of hydrogen-bond acceptors (Lipinski definition) is 2. The maximum atomic E-state index is 13.1. The lowest BCUT2D eigenvalue weighted by Gasteiger charge is -2.09. The number of nitrogens with one attached hydrogen (secondary N) is 1. The first-order valence-electron chi connectivity index (χ1n) is 5.22. The molecule has 2 aromatic carbocycles. The van der Waals surface area contributed by atoms with Crippen molar-refractivity contribution >= 4 is 28.9 Å². The molecule has 0 bridgehead atoms. The zero-order valence-corrected chi connectivity index (χ0v) is 10.8. The van der Waals surface area contributed by atoms with Crippen LogP contribution in [-0.2, 0) is 6.54 Å². The van der Waals surface area contributed by atoms with Crippen LogP contribution in [-0.4, -0.2) is 5.11 Å². The Morgan fingerprint density at radius 1 is 1.11 bits per heavy atom. The standard InChI is InChI=1S/C13H10Cl2FNO/c14-9-2-3-10(15)12(6-9)17-7-8-1-4-13(18)11(16)5-8/h1-6,17-18H,7H2. The maximum Gasteiger partial charge on any atom is 0.165 e. The van der Waals surface area contributed by atoms with Crippen LogP contribution in [0.15, 0.2) is 36.4 Å². The Morgan fingerprint density at radius 3 is 2.61 bits per heavy atom. The second-order valence-electron chi connectivity index (χ2n) is 3.76. The third-order valence-electron chi connectivity index (χ3n) is 2.42. The van der Waals surface area contributed by atoms with E-state index in [0.29, 0.717) is 27.8 Å². The fraction of sp³-hybridized carbons (Fsp3) is 0.0769. The number of phenols is 1. The van der Waals surface area contributed by atoms with Crippen LogP contribution in [0.1, 0.15) is 5.56 Å². The lowest BCUT2D eigenvalue weighted by atomic mass is 10.2. The summed E-state index contributed by atoms with van der Waals surface area (Å²) in [6, 6.07) is 9.27. The fourth-order valence-corrected chi connectivity index (χ4v) is 1.85. The highest BCUT2D eigenvalue weighted by atomic mass is 35.5. The van der Waals surface area contributed by atoms with Gasteiger partial charge in [-0.25, -0.2) is 4.39 Å². The Labute approximate surface area is 114 Å². The van der Waals surface area contributed by atoms with Gasteiger partial charge < -0.3 is 10.4 Å². The van der Waals surface area contributed by atoms with Crippen LogP contribution in [0.3, 0.4) is 0 Å². The minimum Gasteiger partial charge on any atom is -0.505 e. The molecule has 18 heavy (non-hydrogen) atoms. The van der Waals surface area contributed by atoms with Gasteiger partial charge in [-0.2, -0.15) is 0 Å². The summed E-state index contributed by atoms with van der Waals surface area (Å²) in [4.78, 5) is 0. The molecular weight excluding hydrogens is 276 g/mol. The van der Waals surface area contributed by atoms with Gasteiger partial charge in [0.1, 0.15) is 0 Å². The third-order valence-corrected chi connectivity index (χ3v) is 2.99. The van der Waals surface area contributed by atoms with Crippen molar-refractivity contribution in [2.24, 2.45) is 0 Å². The molecule has 0 saturated carbocycles. The van der Waals surface area contributed by atoms with E-state index >= 15 is 0 Å². The van der Waals surface area contributed by atoms with E-state index in [9.17, 15) is 4.39 Å². The Hall–Kier alpha value is -1.45. The van der Waals surface area contributed by atoms with Crippen molar-refractivity contribution in [2.75, 3.05) is 5.32 Å². The molecule has 0 amide bonds. The summed E-state index contributed by atoms with van der Waals surface area (Å²) in [7, 11) is 0. The number of phenolic OH excluding ortho intramolecular Hbond substituents is 1. The predicted octanol–water partition coefficient (Wildman–Crippen LogP) is 4.45. The molecule has 0 aliphatic carbocycles. The Balaban J connectivity index is 2.11. The molecule has 0 radical (unpaired) electrons. The average Bonchev–Trinajstić information content (AvgIpc) is 2.34. The van der Waals surface area contributed by atoms with Gasteiger partial charge in [-0.3, -0.25) is 0 Å². The molecule has 0 fully saturated rings. The first-order chi connectivity index (χ1) is 8.56. The van der Waals surface area contributed by atoms with Crippen molar-refractivity contribution in [3.8, 4) is 5.75 Å². The monoisotopic (exact) mass is 285 g/mol. The van der Waals surface area contributed by atoms with E-state index in [1.807, 2.05) is 0 Å². The minimum absolute atomic E-state index is 0.362. The van der Waals surface area contributed by atoms with Gasteiger partial charge >= 0.3 is 0 Å². The van der Waals surface area contributed by atoms with Gasteiger partial charge in [-0.1, -0.05) is 29.3 Å². The van der Waals surface area contributed by atoms with Crippen molar-refractivity contribution in [2.45, 2.75) is 6.54 Å². The highest BCUT2D eigenvalue weighted by molar-refractivity contribution is 6.35. The zero-order chi connectivity index (χ0) is 13.1. The van der Waals surface area contributed by atoms with Crippen molar-refractivity contribution in [1.29, 1.82) is 0 Å². The van der Waals surface area contributed by atoms with Crippen LogP contribution in [0.25, 0.3) is 0 Å². The number of hydrogen-bond donors (Lipinski definition) is 2. The summed E-state index contributed by atoms with van der Waals surface area (Å²) in [6.45, 7) is 0.386. The first kappa shape index (κ1) is 13.0. The third kappa shape index (κ3) is 3.06. The molecule has 2 N–H and O–H groups in total. The number of halogens is 3. The lowest BCUT2D eigenvalue weighted by molar-refractivity contribution is 0.432. The average molecular weight is 286 g/mol. The number of benzene rings is 2. The second kappa shape index (κ2) is 5.46. The molecule has 0 aliphatic heterocycles. The van der Waals surface area contributed by atoms with E-state index in [0.717, 1.165) is 0 Å². The zero-order valence-electron chi connectivity index (χ0n) is 9.25. The molecule has 2 aromatic rings. The van der Waals surface area contributed by atoms with Gasteiger partial charge in [-0.15, -0.1) is 0 Å². The highest BCUT2D eigenvalue weighted by Crippen LogP contribution is 2.26.